The number of anilines is 1. The molecule has 2 rings (SSSR count). The molecule has 0 aliphatic heterocycles. The second-order valence-corrected chi connectivity index (χ2v) is 4.28. The third-order valence-corrected chi connectivity index (χ3v) is 2.44. The van der Waals surface area contributed by atoms with Crippen LogP contribution in [0.15, 0.2) is 22.7 Å². The fourth-order valence-electron chi connectivity index (χ4n) is 1.31. The molecule has 5 heteroatoms. The van der Waals surface area contributed by atoms with Crippen molar-refractivity contribution in [1.29, 1.82) is 0 Å². The van der Waals surface area contributed by atoms with Gasteiger partial charge >= 0.3 is 0 Å². The maximum atomic E-state index is 5.83. The van der Waals surface area contributed by atoms with Crippen LogP contribution in [0.4, 0.5) is 5.69 Å². The van der Waals surface area contributed by atoms with Gasteiger partial charge in [0, 0.05) is 16.6 Å². The molecule has 1 aromatic heterocycles. The number of benzene rings is 1. The first-order valence-electron chi connectivity index (χ1n) is 4.97. The van der Waals surface area contributed by atoms with E-state index in [2.05, 4.69) is 10.1 Å². The minimum Gasteiger partial charge on any atom is -0.398 e. The molecule has 1 aromatic carbocycles. The maximum absolute atomic E-state index is 5.83. The minimum absolute atomic E-state index is 0.228. The smallest absolute Gasteiger partial charge is 0.260 e. The first kappa shape index (κ1) is 11.0. The Labute approximate surface area is 98.4 Å². The van der Waals surface area contributed by atoms with E-state index in [0.717, 1.165) is 0 Å². The fourth-order valence-corrected chi connectivity index (χ4v) is 1.49. The zero-order valence-corrected chi connectivity index (χ0v) is 9.82. The summed E-state index contributed by atoms with van der Waals surface area (Å²) in [5.41, 5.74) is 7.07. The van der Waals surface area contributed by atoms with Gasteiger partial charge in [-0.3, -0.25) is 0 Å². The zero-order valence-electron chi connectivity index (χ0n) is 9.07. The SMILES string of the molecule is CC(C)c1noc(-c2ccc(Cl)cc2N)n1. The molecule has 0 aliphatic carbocycles. The number of hydrogen-bond acceptors (Lipinski definition) is 4. The molecule has 0 saturated carbocycles. The Morgan fingerprint density at radius 1 is 1.38 bits per heavy atom. The molecule has 84 valence electrons. The van der Waals surface area contributed by atoms with E-state index in [1.165, 1.54) is 0 Å². The monoisotopic (exact) mass is 237 g/mol. The van der Waals surface area contributed by atoms with Crippen LogP contribution >= 0.6 is 11.6 Å². The van der Waals surface area contributed by atoms with Crippen molar-refractivity contribution in [2.24, 2.45) is 0 Å². The molecule has 0 bridgehead atoms. The van der Waals surface area contributed by atoms with E-state index in [-0.39, 0.29) is 5.92 Å². The number of rotatable bonds is 2. The van der Waals surface area contributed by atoms with Gasteiger partial charge in [0.2, 0.25) is 0 Å². The molecular formula is C11H12ClN3O. The van der Waals surface area contributed by atoms with Crippen molar-refractivity contribution in [1.82, 2.24) is 10.1 Å². The standard InChI is InChI=1S/C11H12ClN3O/c1-6(2)10-14-11(16-15-10)8-4-3-7(12)5-9(8)13/h3-6H,13H2,1-2H3. The van der Waals surface area contributed by atoms with Crippen molar-refractivity contribution in [2.75, 3.05) is 5.73 Å². The number of nitrogens with two attached hydrogens (primary N) is 1. The molecule has 0 atom stereocenters. The van der Waals surface area contributed by atoms with E-state index < -0.39 is 0 Å². The number of halogens is 1. The van der Waals surface area contributed by atoms with Crippen LogP contribution in [-0.2, 0) is 0 Å². The second-order valence-electron chi connectivity index (χ2n) is 3.84. The van der Waals surface area contributed by atoms with Crippen molar-refractivity contribution in [3.63, 3.8) is 0 Å². The molecule has 0 amide bonds. The summed E-state index contributed by atoms with van der Waals surface area (Å²) in [4.78, 5) is 4.27. The summed E-state index contributed by atoms with van der Waals surface area (Å²) in [5, 5.41) is 4.47. The lowest BCUT2D eigenvalue weighted by Crippen LogP contribution is -1.92. The highest BCUT2D eigenvalue weighted by atomic mass is 35.5. The molecule has 0 aliphatic rings. The van der Waals surface area contributed by atoms with Crippen LogP contribution in [0, 0.1) is 0 Å². The van der Waals surface area contributed by atoms with Gasteiger partial charge in [-0.2, -0.15) is 4.98 Å². The molecule has 0 fully saturated rings. The Bertz CT molecular complexity index is 508. The van der Waals surface area contributed by atoms with Crippen LogP contribution < -0.4 is 5.73 Å². The molecule has 2 aromatic rings. The van der Waals surface area contributed by atoms with Crippen molar-refractivity contribution in [2.45, 2.75) is 19.8 Å². The summed E-state index contributed by atoms with van der Waals surface area (Å²) in [6.07, 6.45) is 0. The second kappa shape index (κ2) is 4.14. The largest absolute Gasteiger partial charge is 0.398 e. The van der Waals surface area contributed by atoms with Crippen LogP contribution in [0.5, 0.6) is 0 Å². The van der Waals surface area contributed by atoms with Crippen LogP contribution in [0.25, 0.3) is 11.5 Å². The van der Waals surface area contributed by atoms with Gasteiger partial charge in [-0.05, 0) is 18.2 Å². The summed E-state index contributed by atoms with van der Waals surface area (Å²) in [6.45, 7) is 4.00. The van der Waals surface area contributed by atoms with Gasteiger partial charge in [0.05, 0.1) is 5.56 Å². The Kier molecular flexibility index (Phi) is 2.83. The third kappa shape index (κ3) is 2.02. The Hall–Kier alpha value is -1.55. The summed E-state index contributed by atoms with van der Waals surface area (Å²) in [7, 11) is 0. The van der Waals surface area contributed by atoms with E-state index in [4.69, 9.17) is 21.9 Å². The number of nitrogen functional groups attached to an aromatic ring is 1. The number of aromatic nitrogens is 2. The van der Waals surface area contributed by atoms with Gasteiger partial charge in [0.1, 0.15) is 0 Å². The fraction of sp³-hybridized carbons (Fsp3) is 0.273. The molecule has 1 heterocycles. The molecule has 0 unspecified atom stereocenters. The van der Waals surface area contributed by atoms with Crippen molar-refractivity contribution in [3.05, 3.63) is 29.0 Å². The number of nitrogens with zero attached hydrogens (tertiary/aromatic N) is 2. The molecule has 16 heavy (non-hydrogen) atoms. The Balaban J connectivity index is 2.42. The van der Waals surface area contributed by atoms with E-state index in [9.17, 15) is 0 Å². The van der Waals surface area contributed by atoms with Gasteiger partial charge in [-0.1, -0.05) is 30.6 Å². The predicted molar refractivity (Wildman–Crippen MR) is 63.2 cm³/mol. The first-order chi connectivity index (χ1) is 7.58. The lowest BCUT2D eigenvalue weighted by atomic mass is 10.2. The summed E-state index contributed by atoms with van der Waals surface area (Å²) in [6, 6.07) is 5.18. The summed E-state index contributed by atoms with van der Waals surface area (Å²) >= 11 is 5.81. The molecule has 0 radical (unpaired) electrons. The third-order valence-electron chi connectivity index (χ3n) is 2.20. The lowest BCUT2D eigenvalue weighted by Gasteiger charge is -2.00. The van der Waals surface area contributed by atoms with Gasteiger partial charge < -0.3 is 10.3 Å². The minimum atomic E-state index is 0.228. The lowest BCUT2D eigenvalue weighted by molar-refractivity contribution is 0.419. The van der Waals surface area contributed by atoms with Crippen molar-refractivity contribution in [3.8, 4) is 11.5 Å². The highest BCUT2D eigenvalue weighted by Gasteiger charge is 2.13. The van der Waals surface area contributed by atoms with E-state index in [1.54, 1.807) is 18.2 Å². The summed E-state index contributed by atoms with van der Waals surface area (Å²) in [5.74, 6) is 1.33. The molecular weight excluding hydrogens is 226 g/mol. The van der Waals surface area contributed by atoms with Gasteiger partial charge in [-0.25, -0.2) is 0 Å². The van der Waals surface area contributed by atoms with E-state index in [0.29, 0.717) is 28.0 Å². The average Bonchev–Trinajstić information content (AvgIpc) is 2.66. The van der Waals surface area contributed by atoms with Crippen LogP contribution in [0.2, 0.25) is 5.02 Å². The normalized spacial score (nSPS) is 11.0. The van der Waals surface area contributed by atoms with E-state index >= 15 is 0 Å². The summed E-state index contributed by atoms with van der Waals surface area (Å²) < 4.78 is 5.15. The van der Waals surface area contributed by atoms with E-state index in [1.807, 2.05) is 13.8 Å². The highest BCUT2D eigenvalue weighted by molar-refractivity contribution is 6.31. The van der Waals surface area contributed by atoms with Crippen LogP contribution in [-0.4, -0.2) is 10.1 Å². The van der Waals surface area contributed by atoms with Crippen LogP contribution in [0.3, 0.4) is 0 Å². The van der Waals surface area contributed by atoms with Gasteiger partial charge in [0.15, 0.2) is 5.82 Å². The zero-order chi connectivity index (χ0) is 11.7. The van der Waals surface area contributed by atoms with Crippen LogP contribution in [0.1, 0.15) is 25.6 Å². The molecule has 4 nitrogen and oxygen atoms in total. The number of hydrogen-bond donors (Lipinski definition) is 1. The molecule has 0 spiro atoms. The Morgan fingerprint density at radius 3 is 2.69 bits per heavy atom. The quantitative estimate of drug-likeness (QED) is 0.816. The van der Waals surface area contributed by atoms with Crippen molar-refractivity contribution < 1.29 is 4.52 Å². The molecule has 0 saturated heterocycles. The predicted octanol–water partition coefficient (Wildman–Crippen LogP) is 3.10. The van der Waals surface area contributed by atoms with Gasteiger partial charge in [0.25, 0.3) is 5.89 Å². The maximum Gasteiger partial charge on any atom is 0.260 e. The van der Waals surface area contributed by atoms with Gasteiger partial charge in [-0.15, -0.1) is 0 Å². The highest BCUT2D eigenvalue weighted by Crippen LogP contribution is 2.27. The van der Waals surface area contributed by atoms with Crippen molar-refractivity contribution >= 4 is 17.3 Å². The Morgan fingerprint density at radius 2 is 2.12 bits per heavy atom. The molecule has 2 N–H and O–H groups in total. The first-order valence-corrected chi connectivity index (χ1v) is 5.34. The average molecular weight is 238 g/mol. The topological polar surface area (TPSA) is 64.9 Å².